The maximum absolute atomic E-state index is 11.6. The standard InChI is InChI=1S/C16H25NO4/c1-5-8-17-10-13-6-7-14(19-4)9-15(13)20-11-16(18)21-12(2)3/h6-7,9,12,17H,5,8,10-11H2,1-4H3. The van der Waals surface area contributed by atoms with Gasteiger partial charge in [-0.2, -0.15) is 0 Å². The Bertz CT molecular complexity index is 446. The Morgan fingerprint density at radius 1 is 1.33 bits per heavy atom. The highest BCUT2D eigenvalue weighted by molar-refractivity contribution is 5.71. The molecule has 0 fully saturated rings. The number of nitrogens with one attached hydrogen (secondary N) is 1. The molecule has 1 N–H and O–H groups in total. The van der Waals surface area contributed by atoms with Crippen LogP contribution in [0.15, 0.2) is 18.2 Å². The first kappa shape index (κ1) is 17.3. The fourth-order valence-electron chi connectivity index (χ4n) is 1.78. The first-order valence-corrected chi connectivity index (χ1v) is 7.26. The Kier molecular flexibility index (Phi) is 7.61. The zero-order valence-corrected chi connectivity index (χ0v) is 13.3. The predicted octanol–water partition coefficient (Wildman–Crippen LogP) is 2.53. The van der Waals surface area contributed by atoms with E-state index >= 15 is 0 Å². The Balaban J connectivity index is 2.69. The minimum Gasteiger partial charge on any atom is -0.497 e. The molecule has 0 amide bonds. The van der Waals surface area contributed by atoms with E-state index in [1.807, 2.05) is 26.0 Å². The van der Waals surface area contributed by atoms with E-state index in [0.29, 0.717) is 18.0 Å². The van der Waals surface area contributed by atoms with Gasteiger partial charge in [0.25, 0.3) is 0 Å². The molecule has 21 heavy (non-hydrogen) atoms. The number of hydrogen-bond acceptors (Lipinski definition) is 5. The van der Waals surface area contributed by atoms with Gasteiger partial charge in [0.15, 0.2) is 6.61 Å². The summed E-state index contributed by atoms with van der Waals surface area (Å²) in [5, 5.41) is 3.31. The van der Waals surface area contributed by atoms with Crippen molar-refractivity contribution >= 4 is 5.97 Å². The van der Waals surface area contributed by atoms with E-state index in [9.17, 15) is 4.79 Å². The monoisotopic (exact) mass is 295 g/mol. The van der Waals surface area contributed by atoms with Gasteiger partial charge in [-0.25, -0.2) is 4.79 Å². The SMILES string of the molecule is CCCNCc1ccc(OC)cc1OCC(=O)OC(C)C. The van der Waals surface area contributed by atoms with Crippen molar-refractivity contribution in [2.24, 2.45) is 0 Å². The number of carbonyl (C=O) groups excluding carboxylic acids is 1. The Labute approximate surface area is 126 Å². The molecule has 0 aliphatic rings. The minimum absolute atomic E-state index is 0.105. The maximum Gasteiger partial charge on any atom is 0.344 e. The van der Waals surface area contributed by atoms with Gasteiger partial charge in [-0.15, -0.1) is 0 Å². The molecule has 0 bridgehead atoms. The molecule has 0 saturated heterocycles. The van der Waals surface area contributed by atoms with Gasteiger partial charge < -0.3 is 19.5 Å². The molecule has 0 saturated carbocycles. The van der Waals surface area contributed by atoms with Crippen molar-refractivity contribution in [2.45, 2.75) is 39.8 Å². The lowest BCUT2D eigenvalue weighted by Crippen LogP contribution is -2.20. The number of benzene rings is 1. The van der Waals surface area contributed by atoms with E-state index in [-0.39, 0.29) is 18.7 Å². The quantitative estimate of drug-likeness (QED) is 0.560. The largest absolute Gasteiger partial charge is 0.497 e. The molecule has 5 nitrogen and oxygen atoms in total. The van der Waals surface area contributed by atoms with E-state index in [4.69, 9.17) is 14.2 Å². The third-order valence-electron chi connectivity index (χ3n) is 2.73. The van der Waals surface area contributed by atoms with Crippen LogP contribution in [0.2, 0.25) is 0 Å². The topological polar surface area (TPSA) is 56.8 Å². The van der Waals surface area contributed by atoms with Gasteiger partial charge in [-0.1, -0.05) is 13.0 Å². The highest BCUT2D eigenvalue weighted by Crippen LogP contribution is 2.25. The average Bonchev–Trinajstić information content (AvgIpc) is 2.45. The third kappa shape index (κ3) is 6.49. The van der Waals surface area contributed by atoms with Crippen LogP contribution < -0.4 is 14.8 Å². The molecule has 0 unspecified atom stereocenters. The van der Waals surface area contributed by atoms with Crippen molar-refractivity contribution in [2.75, 3.05) is 20.3 Å². The van der Waals surface area contributed by atoms with Gasteiger partial charge in [0.1, 0.15) is 11.5 Å². The second-order valence-corrected chi connectivity index (χ2v) is 4.98. The van der Waals surface area contributed by atoms with Gasteiger partial charge in [-0.3, -0.25) is 0 Å². The van der Waals surface area contributed by atoms with Crippen molar-refractivity contribution < 1.29 is 19.0 Å². The summed E-state index contributed by atoms with van der Waals surface area (Å²) in [6, 6.07) is 5.60. The second kappa shape index (κ2) is 9.23. The lowest BCUT2D eigenvalue weighted by Gasteiger charge is -2.14. The maximum atomic E-state index is 11.6. The summed E-state index contributed by atoms with van der Waals surface area (Å²) >= 11 is 0. The Hall–Kier alpha value is -1.75. The highest BCUT2D eigenvalue weighted by Gasteiger charge is 2.10. The number of esters is 1. The molecule has 0 aromatic heterocycles. The van der Waals surface area contributed by atoms with Crippen LogP contribution >= 0.6 is 0 Å². The zero-order chi connectivity index (χ0) is 15.7. The summed E-state index contributed by atoms with van der Waals surface area (Å²) in [6.45, 7) is 7.24. The molecule has 0 atom stereocenters. The van der Waals surface area contributed by atoms with Gasteiger partial charge in [-0.05, 0) is 32.9 Å². The number of ether oxygens (including phenoxy) is 3. The van der Waals surface area contributed by atoms with Crippen molar-refractivity contribution in [3.8, 4) is 11.5 Å². The van der Waals surface area contributed by atoms with E-state index < -0.39 is 0 Å². The van der Waals surface area contributed by atoms with Crippen molar-refractivity contribution in [3.63, 3.8) is 0 Å². The summed E-state index contributed by atoms with van der Waals surface area (Å²) < 4.78 is 15.8. The predicted molar refractivity (Wildman–Crippen MR) is 81.7 cm³/mol. The fourth-order valence-corrected chi connectivity index (χ4v) is 1.78. The van der Waals surface area contributed by atoms with Crippen LogP contribution in [0.4, 0.5) is 0 Å². The van der Waals surface area contributed by atoms with Crippen LogP contribution in [-0.4, -0.2) is 32.3 Å². The molecule has 1 aromatic carbocycles. The molecule has 0 aliphatic carbocycles. The smallest absolute Gasteiger partial charge is 0.344 e. The Morgan fingerprint density at radius 3 is 2.71 bits per heavy atom. The first-order chi connectivity index (χ1) is 10.1. The molecule has 0 spiro atoms. The van der Waals surface area contributed by atoms with Crippen molar-refractivity contribution in [3.05, 3.63) is 23.8 Å². The van der Waals surface area contributed by atoms with Crippen LogP contribution in [0.1, 0.15) is 32.8 Å². The molecule has 5 heteroatoms. The molecule has 0 aliphatic heterocycles. The van der Waals surface area contributed by atoms with Crippen LogP contribution in [0.5, 0.6) is 11.5 Å². The number of carbonyl (C=O) groups is 1. The summed E-state index contributed by atoms with van der Waals surface area (Å²) in [5.41, 5.74) is 0.988. The molecular weight excluding hydrogens is 270 g/mol. The van der Waals surface area contributed by atoms with Gasteiger partial charge in [0.05, 0.1) is 13.2 Å². The van der Waals surface area contributed by atoms with E-state index in [0.717, 1.165) is 18.5 Å². The number of hydrogen-bond donors (Lipinski definition) is 1. The van der Waals surface area contributed by atoms with Crippen molar-refractivity contribution in [1.82, 2.24) is 5.32 Å². The lowest BCUT2D eigenvalue weighted by atomic mass is 10.2. The average molecular weight is 295 g/mol. The highest BCUT2D eigenvalue weighted by atomic mass is 16.6. The summed E-state index contributed by atoms with van der Waals surface area (Å²) in [7, 11) is 1.60. The Morgan fingerprint density at radius 2 is 2.10 bits per heavy atom. The van der Waals surface area contributed by atoms with Gasteiger partial charge in [0, 0.05) is 18.2 Å². The lowest BCUT2D eigenvalue weighted by molar-refractivity contribution is -0.149. The molecule has 1 aromatic rings. The summed E-state index contributed by atoms with van der Waals surface area (Å²) in [4.78, 5) is 11.6. The second-order valence-electron chi connectivity index (χ2n) is 4.98. The van der Waals surface area contributed by atoms with E-state index in [1.54, 1.807) is 13.2 Å². The molecule has 0 heterocycles. The summed E-state index contributed by atoms with van der Waals surface area (Å²) in [5.74, 6) is 0.959. The van der Waals surface area contributed by atoms with Crippen molar-refractivity contribution in [1.29, 1.82) is 0 Å². The zero-order valence-electron chi connectivity index (χ0n) is 13.3. The van der Waals surface area contributed by atoms with Gasteiger partial charge >= 0.3 is 5.97 Å². The van der Waals surface area contributed by atoms with Crippen LogP contribution in [-0.2, 0) is 16.1 Å². The molecule has 0 radical (unpaired) electrons. The fraction of sp³-hybridized carbons (Fsp3) is 0.562. The molecular formula is C16H25NO4. The molecule has 1 rings (SSSR count). The number of rotatable bonds is 9. The van der Waals surface area contributed by atoms with Crippen LogP contribution in [0.3, 0.4) is 0 Å². The molecule has 118 valence electrons. The van der Waals surface area contributed by atoms with Crippen LogP contribution in [0, 0.1) is 0 Å². The third-order valence-corrected chi connectivity index (χ3v) is 2.73. The summed E-state index contributed by atoms with van der Waals surface area (Å²) in [6.07, 6.45) is 0.921. The number of methoxy groups -OCH3 is 1. The first-order valence-electron chi connectivity index (χ1n) is 7.26. The minimum atomic E-state index is -0.375. The van der Waals surface area contributed by atoms with Gasteiger partial charge in [0.2, 0.25) is 0 Å². The normalized spacial score (nSPS) is 10.5. The van der Waals surface area contributed by atoms with E-state index in [1.165, 1.54) is 0 Å². The van der Waals surface area contributed by atoms with Crippen LogP contribution in [0.25, 0.3) is 0 Å². The van der Waals surface area contributed by atoms with E-state index in [2.05, 4.69) is 12.2 Å².